The second-order valence-corrected chi connectivity index (χ2v) is 6.58. The summed E-state index contributed by atoms with van der Waals surface area (Å²) in [7, 11) is 0. The third-order valence-corrected chi connectivity index (χ3v) is 3.93. The van der Waals surface area contributed by atoms with Gasteiger partial charge in [0.1, 0.15) is 16.8 Å². The Morgan fingerprint density at radius 2 is 1.33 bits per heavy atom. The van der Waals surface area contributed by atoms with Crippen molar-refractivity contribution in [3.05, 3.63) is 24.3 Å². The SMILES string of the molecule is C=C(C(=O)OC(C)(CC)CCOC(C)(C)C(=O)C(=C)C(F)(F)F)C(F)(F)F. The van der Waals surface area contributed by atoms with Crippen molar-refractivity contribution in [3.8, 4) is 0 Å². The van der Waals surface area contributed by atoms with Crippen LogP contribution >= 0.6 is 0 Å². The van der Waals surface area contributed by atoms with Gasteiger partial charge in [-0.05, 0) is 27.2 Å². The number of alkyl halides is 6. The molecule has 0 radical (unpaired) electrons. The topological polar surface area (TPSA) is 52.6 Å². The highest BCUT2D eigenvalue weighted by atomic mass is 19.4. The molecule has 0 aliphatic carbocycles. The number of halogens is 6. The molecule has 0 N–H and O–H groups in total. The highest BCUT2D eigenvalue weighted by Crippen LogP contribution is 2.31. The molecule has 0 aromatic rings. The van der Waals surface area contributed by atoms with Gasteiger partial charge in [0, 0.05) is 6.42 Å². The summed E-state index contributed by atoms with van der Waals surface area (Å²) in [6.07, 6.45) is -9.93. The van der Waals surface area contributed by atoms with Crippen LogP contribution in [0.1, 0.15) is 40.5 Å². The van der Waals surface area contributed by atoms with Gasteiger partial charge >= 0.3 is 18.3 Å². The van der Waals surface area contributed by atoms with Gasteiger partial charge in [-0.15, -0.1) is 0 Å². The Morgan fingerprint density at radius 3 is 1.70 bits per heavy atom. The zero-order chi connectivity index (χ0) is 21.8. The van der Waals surface area contributed by atoms with E-state index in [0.29, 0.717) is 0 Å². The minimum atomic E-state index is -4.95. The van der Waals surface area contributed by atoms with Gasteiger partial charge in [0.2, 0.25) is 0 Å². The molecule has 0 aromatic heterocycles. The van der Waals surface area contributed by atoms with Gasteiger partial charge in [0.25, 0.3) is 0 Å². The molecule has 0 fully saturated rings. The lowest BCUT2D eigenvalue weighted by molar-refractivity contribution is -0.168. The molecule has 0 spiro atoms. The average molecular weight is 404 g/mol. The fourth-order valence-electron chi connectivity index (χ4n) is 1.78. The number of hydrogen-bond acceptors (Lipinski definition) is 4. The van der Waals surface area contributed by atoms with Crippen LogP contribution in [0.15, 0.2) is 24.3 Å². The average Bonchev–Trinajstić information content (AvgIpc) is 2.50. The first-order valence-electron chi connectivity index (χ1n) is 7.81. The Balaban J connectivity index is 4.96. The number of ether oxygens (including phenoxy) is 2. The van der Waals surface area contributed by atoms with E-state index in [0.717, 1.165) is 13.8 Å². The summed E-state index contributed by atoms with van der Waals surface area (Å²) in [6, 6.07) is 0. The molecule has 0 amide bonds. The maximum atomic E-state index is 12.6. The van der Waals surface area contributed by atoms with Crippen LogP contribution in [0.5, 0.6) is 0 Å². The molecule has 27 heavy (non-hydrogen) atoms. The van der Waals surface area contributed by atoms with Crippen LogP contribution in [0.4, 0.5) is 26.3 Å². The van der Waals surface area contributed by atoms with Crippen LogP contribution in [0.25, 0.3) is 0 Å². The predicted molar refractivity (Wildman–Crippen MR) is 84.8 cm³/mol. The van der Waals surface area contributed by atoms with E-state index >= 15 is 0 Å². The molecule has 0 saturated carbocycles. The predicted octanol–water partition coefficient (Wildman–Crippen LogP) is 4.69. The molecule has 4 nitrogen and oxygen atoms in total. The molecule has 0 saturated heterocycles. The van der Waals surface area contributed by atoms with Crippen molar-refractivity contribution in [1.29, 1.82) is 0 Å². The maximum absolute atomic E-state index is 12.6. The normalized spacial score (nSPS) is 15.0. The third-order valence-electron chi connectivity index (χ3n) is 3.93. The van der Waals surface area contributed by atoms with Crippen molar-refractivity contribution in [2.45, 2.75) is 64.1 Å². The van der Waals surface area contributed by atoms with Crippen LogP contribution in [0, 0.1) is 0 Å². The fourth-order valence-corrected chi connectivity index (χ4v) is 1.78. The van der Waals surface area contributed by atoms with E-state index in [4.69, 9.17) is 9.47 Å². The Bertz CT molecular complexity index is 604. The molecule has 0 heterocycles. The van der Waals surface area contributed by atoms with Crippen molar-refractivity contribution in [2.75, 3.05) is 6.61 Å². The number of carbonyl (C=O) groups is 2. The monoisotopic (exact) mass is 404 g/mol. The first-order valence-corrected chi connectivity index (χ1v) is 7.81. The highest BCUT2D eigenvalue weighted by molar-refractivity contribution is 6.01. The van der Waals surface area contributed by atoms with Crippen LogP contribution < -0.4 is 0 Å². The summed E-state index contributed by atoms with van der Waals surface area (Å²) < 4.78 is 85.2. The van der Waals surface area contributed by atoms with Crippen LogP contribution in [-0.2, 0) is 19.1 Å². The van der Waals surface area contributed by atoms with Gasteiger partial charge in [-0.1, -0.05) is 20.1 Å². The smallest absolute Gasteiger partial charge is 0.422 e. The molecular formula is C17H22F6O4. The number of hydrogen-bond donors (Lipinski definition) is 0. The van der Waals surface area contributed by atoms with Crippen molar-refractivity contribution in [3.63, 3.8) is 0 Å². The van der Waals surface area contributed by atoms with Gasteiger partial charge in [0.05, 0.1) is 12.2 Å². The third kappa shape index (κ3) is 7.36. The standard InChI is InChI=1S/C17H22F6O4/c1-7-15(6,27-13(25)11(3)17(21,22)23)8-9-26-14(4,5)12(24)10(2)16(18,19)20/h2-3,7-9H2,1,4-6H3. The summed E-state index contributed by atoms with van der Waals surface area (Å²) in [5.41, 5.74) is -6.54. The summed E-state index contributed by atoms with van der Waals surface area (Å²) in [4.78, 5) is 23.4. The second kappa shape index (κ2) is 8.45. The first kappa shape index (κ1) is 25.2. The van der Waals surface area contributed by atoms with Gasteiger partial charge < -0.3 is 9.47 Å². The number of rotatable bonds is 9. The molecule has 0 aliphatic rings. The van der Waals surface area contributed by atoms with Crippen LogP contribution in [0.3, 0.4) is 0 Å². The quantitative estimate of drug-likeness (QED) is 0.318. The van der Waals surface area contributed by atoms with E-state index in [1.54, 1.807) is 0 Å². The first-order chi connectivity index (χ1) is 11.9. The van der Waals surface area contributed by atoms with Crippen molar-refractivity contribution in [2.24, 2.45) is 0 Å². The van der Waals surface area contributed by atoms with Crippen LogP contribution in [0.2, 0.25) is 0 Å². The lowest BCUT2D eigenvalue weighted by Gasteiger charge is -2.31. The summed E-state index contributed by atoms with van der Waals surface area (Å²) in [6.45, 7) is 10.1. The van der Waals surface area contributed by atoms with Gasteiger partial charge in [0.15, 0.2) is 5.78 Å². The largest absolute Gasteiger partial charge is 0.456 e. The van der Waals surface area contributed by atoms with Gasteiger partial charge in [-0.25, -0.2) is 4.79 Å². The summed E-state index contributed by atoms with van der Waals surface area (Å²) in [5.74, 6) is -3.04. The zero-order valence-corrected chi connectivity index (χ0v) is 15.4. The van der Waals surface area contributed by atoms with E-state index in [9.17, 15) is 35.9 Å². The summed E-state index contributed by atoms with van der Waals surface area (Å²) in [5, 5.41) is 0. The molecule has 156 valence electrons. The minimum Gasteiger partial charge on any atom is -0.456 e. The molecule has 10 heteroatoms. The number of ketones is 1. The Morgan fingerprint density at radius 1 is 0.889 bits per heavy atom. The Labute approximate surface area is 153 Å². The van der Waals surface area contributed by atoms with E-state index in [1.807, 2.05) is 0 Å². The van der Waals surface area contributed by atoms with Crippen LogP contribution in [-0.4, -0.2) is 41.9 Å². The highest BCUT2D eigenvalue weighted by Gasteiger charge is 2.44. The second-order valence-electron chi connectivity index (χ2n) is 6.58. The number of Topliss-reactive ketones (excluding diaryl/α,β-unsaturated/α-hetero) is 1. The Hall–Kier alpha value is -1.84. The van der Waals surface area contributed by atoms with Gasteiger partial charge in [-0.2, -0.15) is 26.3 Å². The Kier molecular flexibility index (Phi) is 7.87. The molecule has 0 rings (SSSR count). The van der Waals surface area contributed by atoms with E-state index in [-0.39, 0.29) is 19.4 Å². The van der Waals surface area contributed by atoms with E-state index < -0.39 is 46.5 Å². The summed E-state index contributed by atoms with van der Waals surface area (Å²) >= 11 is 0. The molecule has 0 aliphatic heterocycles. The maximum Gasteiger partial charge on any atom is 0.422 e. The number of esters is 1. The fraction of sp³-hybridized carbons (Fsp3) is 0.647. The lowest BCUT2D eigenvalue weighted by atomic mass is 9.96. The van der Waals surface area contributed by atoms with E-state index in [2.05, 4.69) is 13.2 Å². The van der Waals surface area contributed by atoms with Crippen molar-refractivity contribution < 1.29 is 45.4 Å². The van der Waals surface area contributed by atoms with Crippen molar-refractivity contribution >= 4 is 11.8 Å². The molecule has 0 aromatic carbocycles. The van der Waals surface area contributed by atoms with Gasteiger partial charge in [-0.3, -0.25) is 4.79 Å². The molecular weight excluding hydrogens is 382 g/mol. The molecule has 1 atom stereocenters. The van der Waals surface area contributed by atoms with Crippen molar-refractivity contribution in [1.82, 2.24) is 0 Å². The molecule has 0 bridgehead atoms. The molecule has 1 unspecified atom stereocenters. The zero-order valence-electron chi connectivity index (χ0n) is 15.4. The number of carbonyl (C=O) groups excluding carboxylic acids is 2. The minimum absolute atomic E-state index is 0.0941. The lowest BCUT2D eigenvalue weighted by Crippen LogP contribution is -2.41. The van der Waals surface area contributed by atoms with E-state index in [1.165, 1.54) is 13.8 Å².